The van der Waals surface area contributed by atoms with Crippen LogP contribution in [-0.4, -0.2) is 19.8 Å². The van der Waals surface area contributed by atoms with Crippen LogP contribution < -0.4 is 5.73 Å². The molecule has 0 saturated carbocycles. The molecule has 0 aromatic rings. The van der Waals surface area contributed by atoms with E-state index in [-0.39, 0.29) is 0 Å². The molecule has 0 aromatic heterocycles. The first-order valence-electron chi connectivity index (χ1n) is 5.11. The predicted molar refractivity (Wildman–Crippen MR) is 51.1 cm³/mol. The summed E-state index contributed by atoms with van der Waals surface area (Å²) in [6.07, 6.45) is 6.23. The van der Waals surface area contributed by atoms with Gasteiger partial charge in [-0.05, 0) is 31.2 Å². The van der Waals surface area contributed by atoms with Crippen LogP contribution in [0.1, 0.15) is 39.0 Å². The molecule has 2 N–H and O–H groups in total. The smallest absolute Gasteiger partial charge is 0.0471 e. The minimum Gasteiger partial charge on any atom is -0.381 e. The molecule has 1 saturated heterocycles. The standard InChI is InChI=1S/C10H21NO/c1-2-3-4-10(9-11)5-7-12-8-6-10/h2-9,11H2,1H3. The van der Waals surface area contributed by atoms with Crippen LogP contribution in [0.3, 0.4) is 0 Å². The summed E-state index contributed by atoms with van der Waals surface area (Å²) in [6, 6.07) is 0. The Hall–Kier alpha value is -0.0800. The molecule has 2 nitrogen and oxygen atoms in total. The molecule has 1 aliphatic heterocycles. The van der Waals surface area contributed by atoms with Crippen molar-refractivity contribution in [3.05, 3.63) is 0 Å². The Labute approximate surface area is 75.5 Å². The van der Waals surface area contributed by atoms with Crippen molar-refractivity contribution in [3.63, 3.8) is 0 Å². The van der Waals surface area contributed by atoms with Crippen molar-refractivity contribution in [2.45, 2.75) is 39.0 Å². The van der Waals surface area contributed by atoms with Crippen molar-refractivity contribution in [2.24, 2.45) is 11.1 Å². The predicted octanol–water partition coefficient (Wildman–Crippen LogP) is 1.93. The number of unbranched alkanes of at least 4 members (excludes halogenated alkanes) is 1. The van der Waals surface area contributed by atoms with Crippen LogP contribution in [0.2, 0.25) is 0 Å². The van der Waals surface area contributed by atoms with E-state index >= 15 is 0 Å². The Balaban J connectivity index is 2.37. The van der Waals surface area contributed by atoms with E-state index < -0.39 is 0 Å². The van der Waals surface area contributed by atoms with Crippen LogP contribution in [0.25, 0.3) is 0 Å². The van der Waals surface area contributed by atoms with Gasteiger partial charge in [-0.1, -0.05) is 19.8 Å². The minimum absolute atomic E-state index is 0.425. The lowest BCUT2D eigenvalue weighted by Crippen LogP contribution is -2.36. The van der Waals surface area contributed by atoms with Gasteiger partial charge >= 0.3 is 0 Å². The lowest BCUT2D eigenvalue weighted by molar-refractivity contribution is 0.0137. The topological polar surface area (TPSA) is 35.2 Å². The molecule has 1 aliphatic rings. The lowest BCUT2D eigenvalue weighted by Gasteiger charge is -2.36. The van der Waals surface area contributed by atoms with E-state index in [1.807, 2.05) is 0 Å². The summed E-state index contributed by atoms with van der Waals surface area (Å²) in [4.78, 5) is 0. The Morgan fingerprint density at radius 2 is 2.00 bits per heavy atom. The molecule has 0 unspecified atom stereocenters. The van der Waals surface area contributed by atoms with Crippen molar-refractivity contribution in [1.82, 2.24) is 0 Å². The second kappa shape index (κ2) is 4.83. The maximum absolute atomic E-state index is 5.82. The monoisotopic (exact) mass is 171 g/mol. The highest BCUT2D eigenvalue weighted by atomic mass is 16.5. The number of ether oxygens (including phenoxy) is 1. The molecule has 0 radical (unpaired) electrons. The second-order valence-electron chi connectivity index (χ2n) is 3.92. The molecule has 0 spiro atoms. The maximum atomic E-state index is 5.82. The Kier molecular flexibility index (Phi) is 4.02. The fourth-order valence-corrected chi connectivity index (χ4v) is 1.91. The summed E-state index contributed by atoms with van der Waals surface area (Å²) in [5.41, 5.74) is 6.25. The van der Waals surface area contributed by atoms with Gasteiger partial charge < -0.3 is 10.5 Å². The van der Waals surface area contributed by atoms with E-state index in [0.29, 0.717) is 5.41 Å². The minimum atomic E-state index is 0.425. The number of nitrogens with two attached hydrogens (primary N) is 1. The quantitative estimate of drug-likeness (QED) is 0.701. The highest BCUT2D eigenvalue weighted by molar-refractivity contribution is 4.82. The zero-order valence-corrected chi connectivity index (χ0v) is 8.14. The summed E-state index contributed by atoms with van der Waals surface area (Å²) < 4.78 is 5.35. The highest BCUT2D eigenvalue weighted by Crippen LogP contribution is 2.34. The Morgan fingerprint density at radius 1 is 1.33 bits per heavy atom. The van der Waals surface area contributed by atoms with Crippen LogP contribution in [0.5, 0.6) is 0 Å². The first-order chi connectivity index (χ1) is 5.83. The fourth-order valence-electron chi connectivity index (χ4n) is 1.91. The third-order valence-corrected chi connectivity index (χ3v) is 3.05. The van der Waals surface area contributed by atoms with Gasteiger partial charge in [0.1, 0.15) is 0 Å². The molecular formula is C10H21NO. The van der Waals surface area contributed by atoms with Crippen molar-refractivity contribution in [3.8, 4) is 0 Å². The molecule has 1 heterocycles. The van der Waals surface area contributed by atoms with Gasteiger partial charge in [-0.2, -0.15) is 0 Å². The summed E-state index contributed by atoms with van der Waals surface area (Å²) in [5, 5.41) is 0. The van der Waals surface area contributed by atoms with Crippen molar-refractivity contribution in [1.29, 1.82) is 0 Å². The molecule has 0 bridgehead atoms. The highest BCUT2D eigenvalue weighted by Gasteiger charge is 2.29. The molecule has 0 aliphatic carbocycles. The van der Waals surface area contributed by atoms with E-state index in [0.717, 1.165) is 19.8 Å². The lowest BCUT2D eigenvalue weighted by atomic mass is 9.76. The van der Waals surface area contributed by atoms with E-state index in [1.165, 1.54) is 32.1 Å². The van der Waals surface area contributed by atoms with Crippen LogP contribution in [0, 0.1) is 5.41 Å². The van der Waals surface area contributed by atoms with Crippen LogP contribution in [-0.2, 0) is 4.74 Å². The first kappa shape index (κ1) is 10.0. The molecule has 0 aromatic carbocycles. The van der Waals surface area contributed by atoms with Gasteiger partial charge in [-0.15, -0.1) is 0 Å². The fraction of sp³-hybridized carbons (Fsp3) is 1.00. The molecular weight excluding hydrogens is 150 g/mol. The van der Waals surface area contributed by atoms with Gasteiger partial charge in [0.2, 0.25) is 0 Å². The second-order valence-corrected chi connectivity index (χ2v) is 3.92. The van der Waals surface area contributed by atoms with Gasteiger partial charge in [-0.3, -0.25) is 0 Å². The van der Waals surface area contributed by atoms with Crippen LogP contribution >= 0.6 is 0 Å². The van der Waals surface area contributed by atoms with Crippen molar-refractivity contribution < 1.29 is 4.74 Å². The summed E-state index contributed by atoms with van der Waals surface area (Å²) >= 11 is 0. The van der Waals surface area contributed by atoms with Crippen molar-refractivity contribution >= 4 is 0 Å². The Bertz CT molecular complexity index is 119. The summed E-state index contributed by atoms with van der Waals surface area (Å²) in [5.74, 6) is 0. The van der Waals surface area contributed by atoms with Gasteiger partial charge in [0.05, 0.1) is 0 Å². The largest absolute Gasteiger partial charge is 0.381 e. The van der Waals surface area contributed by atoms with Crippen LogP contribution in [0.4, 0.5) is 0 Å². The molecule has 1 fully saturated rings. The van der Waals surface area contributed by atoms with Crippen molar-refractivity contribution in [2.75, 3.05) is 19.8 Å². The van der Waals surface area contributed by atoms with Gasteiger partial charge in [0.15, 0.2) is 0 Å². The Morgan fingerprint density at radius 3 is 2.50 bits per heavy atom. The summed E-state index contributed by atoms with van der Waals surface area (Å²) in [7, 11) is 0. The number of rotatable bonds is 4. The third kappa shape index (κ3) is 2.46. The third-order valence-electron chi connectivity index (χ3n) is 3.05. The molecule has 1 rings (SSSR count). The van der Waals surface area contributed by atoms with E-state index in [1.54, 1.807) is 0 Å². The van der Waals surface area contributed by atoms with Gasteiger partial charge in [0, 0.05) is 13.2 Å². The van der Waals surface area contributed by atoms with E-state index in [9.17, 15) is 0 Å². The van der Waals surface area contributed by atoms with Crippen LogP contribution in [0.15, 0.2) is 0 Å². The molecule has 72 valence electrons. The summed E-state index contributed by atoms with van der Waals surface area (Å²) in [6.45, 7) is 4.92. The molecule has 0 atom stereocenters. The zero-order valence-electron chi connectivity index (χ0n) is 8.14. The van der Waals surface area contributed by atoms with E-state index in [4.69, 9.17) is 10.5 Å². The molecule has 12 heavy (non-hydrogen) atoms. The average Bonchev–Trinajstić information content (AvgIpc) is 2.16. The van der Waals surface area contributed by atoms with Gasteiger partial charge in [0.25, 0.3) is 0 Å². The SMILES string of the molecule is CCCCC1(CN)CCOCC1. The first-order valence-corrected chi connectivity index (χ1v) is 5.11. The average molecular weight is 171 g/mol. The zero-order chi connectivity index (χ0) is 8.86. The maximum Gasteiger partial charge on any atom is 0.0471 e. The molecule has 2 heteroatoms. The van der Waals surface area contributed by atoms with Gasteiger partial charge in [-0.25, -0.2) is 0 Å². The number of hydrogen-bond donors (Lipinski definition) is 1. The number of hydrogen-bond acceptors (Lipinski definition) is 2. The van der Waals surface area contributed by atoms with E-state index in [2.05, 4.69) is 6.92 Å². The molecule has 0 amide bonds. The normalized spacial score (nSPS) is 22.5.